The molecule has 27 heavy (non-hydrogen) atoms. The van der Waals surface area contributed by atoms with E-state index in [2.05, 4.69) is 14.9 Å². The second-order valence-corrected chi connectivity index (χ2v) is 7.17. The van der Waals surface area contributed by atoms with E-state index in [0.29, 0.717) is 19.6 Å². The fourth-order valence-corrected chi connectivity index (χ4v) is 3.59. The number of rotatable bonds is 4. The van der Waals surface area contributed by atoms with Crippen molar-refractivity contribution in [3.05, 3.63) is 47.9 Å². The van der Waals surface area contributed by atoms with Gasteiger partial charge in [-0.2, -0.15) is 0 Å². The Morgan fingerprint density at radius 3 is 2.63 bits per heavy atom. The third-order valence-corrected chi connectivity index (χ3v) is 5.37. The molecule has 1 amide bonds. The number of nitrogens with zero attached hydrogens (tertiary/aromatic N) is 5. The monoisotopic (exact) mass is 367 g/mol. The van der Waals surface area contributed by atoms with Crippen molar-refractivity contribution in [3.8, 4) is 0 Å². The molecule has 1 unspecified atom stereocenters. The highest BCUT2D eigenvalue weighted by atomic mass is 16.4. The molecule has 1 fully saturated rings. The van der Waals surface area contributed by atoms with E-state index < -0.39 is 0 Å². The summed E-state index contributed by atoms with van der Waals surface area (Å²) in [5, 5.41) is 0. The first-order valence-electron chi connectivity index (χ1n) is 9.38. The number of carbonyl (C=O) groups is 1. The quantitative estimate of drug-likeness (QED) is 0.709. The number of amides is 1. The topological polar surface area (TPSA) is 67.4 Å². The Labute approximate surface area is 158 Å². The van der Waals surface area contributed by atoms with Gasteiger partial charge in [-0.15, -0.1) is 0 Å². The Bertz CT molecular complexity index is 933. The number of aromatic nitrogens is 3. The molecule has 1 aromatic carbocycles. The van der Waals surface area contributed by atoms with E-state index in [1.165, 1.54) is 0 Å². The van der Waals surface area contributed by atoms with Gasteiger partial charge in [0.25, 0.3) is 0 Å². The SMILES string of the molecule is Cc1nc(CN2CCN(C(=O)C(C)n3cnc4ccccc43)CC2)oc1C. The molecule has 1 aliphatic rings. The second-order valence-electron chi connectivity index (χ2n) is 7.17. The normalized spacial score (nSPS) is 16.8. The first-order valence-corrected chi connectivity index (χ1v) is 9.38. The largest absolute Gasteiger partial charge is 0.444 e. The maximum atomic E-state index is 13.0. The second kappa shape index (κ2) is 7.15. The Hall–Kier alpha value is -2.67. The van der Waals surface area contributed by atoms with Crippen LogP contribution in [0.1, 0.15) is 30.3 Å². The van der Waals surface area contributed by atoms with Crippen molar-refractivity contribution in [3.63, 3.8) is 0 Å². The standard InChI is InChI=1S/C20H25N5O2/c1-14-16(3)27-19(22-14)12-23-8-10-24(11-9-23)20(26)15(2)25-13-21-17-6-4-5-7-18(17)25/h4-7,13,15H,8-12H2,1-3H3. The molecule has 142 valence electrons. The Balaban J connectivity index is 1.38. The van der Waals surface area contributed by atoms with E-state index in [4.69, 9.17) is 4.42 Å². The number of benzene rings is 1. The molecule has 0 aliphatic carbocycles. The lowest BCUT2D eigenvalue weighted by Crippen LogP contribution is -2.49. The van der Waals surface area contributed by atoms with Crippen molar-refractivity contribution in [2.24, 2.45) is 0 Å². The summed E-state index contributed by atoms with van der Waals surface area (Å²) in [5.41, 5.74) is 2.85. The maximum Gasteiger partial charge on any atom is 0.245 e. The molecule has 1 aliphatic heterocycles. The highest BCUT2D eigenvalue weighted by molar-refractivity contribution is 5.83. The summed E-state index contributed by atoms with van der Waals surface area (Å²) in [6.45, 7) is 9.61. The lowest BCUT2D eigenvalue weighted by atomic mass is 10.2. The first kappa shape index (κ1) is 17.7. The molecule has 1 saturated heterocycles. The number of piperazine rings is 1. The van der Waals surface area contributed by atoms with Crippen LogP contribution in [-0.2, 0) is 11.3 Å². The predicted molar refractivity (Wildman–Crippen MR) is 102 cm³/mol. The predicted octanol–water partition coefficient (Wildman–Crippen LogP) is 2.55. The lowest BCUT2D eigenvalue weighted by molar-refractivity contribution is -0.136. The third kappa shape index (κ3) is 3.47. The zero-order chi connectivity index (χ0) is 19.0. The molecule has 1 atom stereocenters. The van der Waals surface area contributed by atoms with Gasteiger partial charge in [0.05, 0.1) is 29.6 Å². The molecular weight excluding hydrogens is 342 g/mol. The number of aryl methyl sites for hydroxylation is 2. The van der Waals surface area contributed by atoms with Crippen LogP contribution in [0.4, 0.5) is 0 Å². The average Bonchev–Trinajstić information content (AvgIpc) is 3.24. The Morgan fingerprint density at radius 1 is 1.19 bits per heavy atom. The van der Waals surface area contributed by atoms with Gasteiger partial charge in [-0.3, -0.25) is 9.69 Å². The van der Waals surface area contributed by atoms with Gasteiger partial charge in [0.2, 0.25) is 11.8 Å². The van der Waals surface area contributed by atoms with Gasteiger partial charge in [0.15, 0.2) is 0 Å². The van der Waals surface area contributed by atoms with E-state index in [9.17, 15) is 4.79 Å². The molecule has 0 bridgehead atoms. The number of para-hydroxylation sites is 2. The van der Waals surface area contributed by atoms with Gasteiger partial charge in [0, 0.05) is 26.2 Å². The van der Waals surface area contributed by atoms with Crippen LogP contribution in [0.3, 0.4) is 0 Å². The number of carbonyl (C=O) groups excluding carboxylic acids is 1. The van der Waals surface area contributed by atoms with Crippen LogP contribution in [0, 0.1) is 13.8 Å². The van der Waals surface area contributed by atoms with Crippen LogP contribution in [0.15, 0.2) is 35.0 Å². The van der Waals surface area contributed by atoms with E-state index in [0.717, 1.165) is 41.5 Å². The van der Waals surface area contributed by atoms with Crippen molar-refractivity contribution in [2.75, 3.05) is 26.2 Å². The van der Waals surface area contributed by atoms with Crippen LogP contribution in [-0.4, -0.2) is 56.4 Å². The highest BCUT2D eigenvalue weighted by Gasteiger charge is 2.27. The molecule has 3 aromatic rings. The fraction of sp³-hybridized carbons (Fsp3) is 0.450. The van der Waals surface area contributed by atoms with Crippen molar-refractivity contribution in [1.29, 1.82) is 0 Å². The Morgan fingerprint density at radius 2 is 1.93 bits per heavy atom. The van der Waals surface area contributed by atoms with Gasteiger partial charge in [-0.1, -0.05) is 12.1 Å². The molecule has 0 spiro atoms. The number of hydrogen-bond acceptors (Lipinski definition) is 5. The van der Waals surface area contributed by atoms with E-state index >= 15 is 0 Å². The number of hydrogen-bond donors (Lipinski definition) is 0. The van der Waals surface area contributed by atoms with Crippen molar-refractivity contribution in [1.82, 2.24) is 24.3 Å². The van der Waals surface area contributed by atoms with E-state index in [1.807, 2.05) is 54.5 Å². The van der Waals surface area contributed by atoms with Gasteiger partial charge in [0.1, 0.15) is 11.8 Å². The molecule has 3 heterocycles. The molecule has 4 rings (SSSR count). The molecule has 2 aromatic heterocycles. The summed E-state index contributed by atoms with van der Waals surface area (Å²) >= 11 is 0. The number of oxazole rings is 1. The van der Waals surface area contributed by atoms with Crippen LogP contribution >= 0.6 is 0 Å². The molecule has 7 nitrogen and oxygen atoms in total. The van der Waals surface area contributed by atoms with Gasteiger partial charge >= 0.3 is 0 Å². The van der Waals surface area contributed by atoms with E-state index in [-0.39, 0.29) is 11.9 Å². The zero-order valence-electron chi connectivity index (χ0n) is 16.1. The zero-order valence-corrected chi connectivity index (χ0v) is 16.1. The van der Waals surface area contributed by atoms with Crippen molar-refractivity contribution in [2.45, 2.75) is 33.4 Å². The van der Waals surface area contributed by atoms with Crippen LogP contribution in [0.5, 0.6) is 0 Å². The first-order chi connectivity index (χ1) is 13.0. The van der Waals surface area contributed by atoms with Crippen LogP contribution in [0.25, 0.3) is 11.0 Å². The summed E-state index contributed by atoms with van der Waals surface area (Å²) in [7, 11) is 0. The smallest absolute Gasteiger partial charge is 0.245 e. The number of imidazole rings is 1. The molecule has 0 N–H and O–H groups in total. The minimum atomic E-state index is -0.263. The minimum absolute atomic E-state index is 0.139. The highest BCUT2D eigenvalue weighted by Crippen LogP contribution is 2.20. The summed E-state index contributed by atoms with van der Waals surface area (Å²) < 4.78 is 7.64. The molecule has 0 saturated carbocycles. The summed E-state index contributed by atoms with van der Waals surface area (Å²) in [5.74, 6) is 1.77. The minimum Gasteiger partial charge on any atom is -0.444 e. The molecule has 0 radical (unpaired) electrons. The van der Waals surface area contributed by atoms with E-state index in [1.54, 1.807) is 6.33 Å². The maximum absolute atomic E-state index is 13.0. The van der Waals surface area contributed by atoms with Gasteiger partial charge in [-0.05, 0) is 32.9 Å². The summed E-state index contributed by atoms with van der Waals surface area (Å²) in [6.07, 6.45) is 1.76. The fourth-order valence-electron chi connectivity index (χ4n) is 3.59. The van der Waals surface area contributed by atoms with Crippen LogP contribution < -0.4 is 0 Å². The van der Waals surface area contributed by atoms with Crippen molar-refractivity contribution >= 4 is 16.9 Å². The van der Waals surface area contributed by atoms with Crippen molar-refractivity contribution < 1.29 is 9.21 Å². The molecule has 7 heteroatoms. The lowest BCUT2D eigenvalue weighted by Gasteiger charge is -2.35. The van der Waals surface area contributed by atoms with Crippen LogP contribution in [0.2, 0.25) is 0 Å². The van der Waals surface area contributed by atoms with Gasteiger partial charge in [-0.25, -0.2) is 9.97 Å². The summed E-state index contributed by atoms with van der Waals surface area (Å²) in [6, 6.07) is 7.64. The number of fused-ring (bicyclic) bond motifs is 1. The third-order valence-electron chi connectivity index (χ3n) is 5.37. The van der Waals surface area contributed by atoms with Gasteiger partial charge < -0.3 is 13.9 Å². The average molecular weight is 367 g/mol. The summed E-state index contributed by atoms with van der Waals surface area (Å²) in [4.78, 5) is 26.1. The Kier molecular flexibility index (Phi) is 4.70. The molecular formula is C20H25N5O2.